The summed E-state index contributed by atoms with van der Waals surface area (Å²) in [5.41, 5.74) is 2.25. The van der Waals surface area contributed by atoms with Gasteiger partial charge in [-0.2, -0.15) is 0 Å². The number of nitrogens with one attached hydrogen (secondary N) is 1. The van der Waals surface area contributed by atoms with E-state index < -0.39 is 0 Å². The Morgan fingerprint density at radius 3 is 2.44 bits per heavy atom. The van der Waals surface area contributed by atoms with E-state index >= 15 is 0 Å². The van der Waals surface area contributed by atoms with Gasteiger partial charge in [0, 0.05) is 5.39 Å². The smallest absolute Gasteiger partial charge is 0.134 e. The quantitative estimate of drug-likeness (QED) is 0.869. The van der Waals surface area contributed by atoms with E-state index in [1.807, 2.05) is 7.05 Å². The van der Waals surface area contributed by atoms with E-state index in [9.17, 15) is 0 Å². The summed E-state index contributed by atoms with van der Waals surface area (Å²) in [6.07, 6.45) is 0. The zero-order chi connectivity index (χ0) is 13.3. The molecule has 1 N–H and O–H groups in total. The molecule has 98 valence electrons. The molecule has 0 aliphatic carbocycles. The Kier molecular flexibility index (Phi) is 3.76. The van der Waals surface area contributed by atoms with E-state index in [2.05, 4.69) is 57.3 Å². The summed E-state index contributed by atoms with van der Waals surface area (Å²) in [4.78, 5) is 0. The molecule has 2 atom stereocenters. The van der Waals surface area contributed by atoms with Gasteiger partial charge < -0.3 is 9.73 Å². The number of benzene rings is 1. The van der Waals surface area contributed by atoms with Crippen LogP contribution in [0.15, 0.2) is 28.7 Å². The summed E-state index contributed by atoms with van der Waals surface area (Å²) in [7, 11) is 2.00. The molecule has 2 unspecified atom stereocenters. The van der Waals surface area contributed by atoms with Gasteiger partial charge in [0.2, 0.25) is 0 Å². The highest BCUT2D eigenvalue weighted by Gasteiger charge is 2.23. The van der Waals surface area contributed by atoms with Gasteiger partial charge in [-0.15, -0.1) is 0 Å². The SMILES string of the molecule is CNC(c1cc2cc(C)ccc2o1)C(C)C(C)C. The molecule has 0 saturated carbocycles. The van der Waals surface area contributed by atoms with Crippen LogP contribution < -0.4 is 5.32 Å². The maximum atomic E-state index is 5.98. The predicted molar refractivity (Wildman–Crippen MR) is 76.8 cm³/mol. The van der Waals surface area contributed by atoms with Crippen LogP contribution in [-0.4, -0.2) is 7.05 Å². The second-order valence-corrected chi connectivity index (χ2v) is 5.56. The first kappa shape index (κ1) is 13.2. The van der Waals surface area contributed by atoms with Crippen LogP contribution in [0, 0.1) is 18.8 Å². The summed E-state index contributed by atoms with van der Waals surface area (Å²) in [5, 5.41) is 4.58. The molecule has 0 aliphatic rings. The Morgan fingerprint density at radius 1 is 1.11 bits per heavy atom. The second-order valence-electron chi connectivity index (χ2n) is 5.56. The van der Waals surface area contributed by atoms with E-state index in [0.717, 1.165) is 11.3 Å². The van der Waals surface area contributed by atoms with Crippen molar-refractivity contribution in [2.75, 3.05) is 7.05 Å². The second kappa shape index (κ2) is 5.15. The Morgan fingerprint density at radius 2 is 1.83 bits per heavy atom. The molecule has 2 heteroatoms. The average molecular weight is 245 g/mol. The van der Waals surface area contributed by atoms with Crippen LogP contribution in [0.25, 0.3) is 11.0 Å². The minimum atomic E-state index is 0.276. The third kappa shape index (κ3) is 2.44. The largest absolute Gasteiger partial charge is 0.459 e. The third-order valence-corrected chi connectivity index (χ3v) is 3.89. The predicted octanol–water partition coefficient (Wildman–Crippen LogP) is 4.29. The average Bonchev–Trinajstić information content (AvgIpc) is 2.72. The first-order chi connectivity index (χ1) is 8.52. The number of rotatable bonds is 4. The van der Waals surface area contributed by atoms with E-state index in [1.54, 1.807) is 0 Å². The standard InChI is InChI=1S/C16H23NO/c1-10(2)12(4)16(17-5)15-9-13-8-11(3)6-7-14(13)18-15/h6-10,12,16-17H,1-5H3. The normalized spacial score (nSPS) is 15.2. The van der Waals surface area contributed by atoms with Gasteiger partial charge in [-0.25, -0.2) is 0 Å². The maximum Gasteiger partial charge on any atom is 0.134 e. The summed E-state index contributed by atoms with van der Waals surface area (Å²) in [6.45, 7) is 8.88. The molecule has 0 radical (unpaired) electrons. The van der Waals surface area contributed by atoms with Crippen LogP contribution in [0.5, 0.6) is 0 Å². The van der Waals surface area contributed by atoms with Gasteiger partial charge in [0.1, 0.15) is 11.3 Å². The lowest BCUT2D eigenvalue weighted by Crippen LogP contribution is -2.26. The lowest BCUT2D eigenvalue weighted by molar-refractivity contribution is 0.284. The van der Waals surface area contributed by atoms with Gasteiger partial charge in [0.05, 0.1) is 6.04 Å². The number of hydrogen-bond acceptors (Lipinski definition) is 2. The van der Waals surface area contributed by atoms with E-state index in [4.69, 9.17) is 4.42 Å². The van der Waals surface area contributed by atoms with Crippen molar-refractivity contribution in [2.45, 2.75) is 33.7 Å². The van der Waals surface area contributed by atoms with Gasteiger partial charge in [0.15, 0.2) is 0 Å². The highest BCUT2D eigenvalue weighted by Crippen LogP contribution is 2.31. The molecular weight excluding hydrogens is 222 g/mol. The molecular formula is C16H23NO. The number of hydrogen-bond donors (Lipinski definition) is 1. The zero-order valence-corrected chi connectivity index (χ0v) is 11.9. The van der Waals surface area contributed by atoms with Crippen molar-refractivity contribution in [2.24, 2.45) is 11.8 Å². The molecule has 1 aromatic heterocycles. The minimum absolute atomic E-state index is 0.276. The highest BCUT2D eigenvalue weighted by molar-refractivity contribution is 5.78. The van der Waals surface area contributed by atoms with E-state index in [-0.39, 0.29) is 6.04 Å². The van der Waals surface area contributed by atoms with E-state index in [0.29, 0.717) is 11.8 Å². The van der Waals surface area contributed by atoms with Crippen molar-refractivity contribution < 1.29 is 4.42 Å². The molecule has 1 aromatic carbocycles. The van der Waals surface area contributed by atoms with Crippen LogP contribution in [0.2, 0.25) is 0 Å². The first-order valence-corrected chi connectivity index (χ1v) is 6.70. The molecule has 18 heavy (non-hydrogen) atoms. The Labute approximate surface area is 109 Å². The van der Waals surface area contributed by atoms with Crippen molar-refractivity contribution >= 4 is 11.0 Å². The van der Waals surface area contributed by atoms with Crippen LogP contribution >= 0.6 is 0 Å². The van der Waals surface area contributed by atoms with Crippen molar-refractivity contribution in [3.05, 3.63) is 35.6 Å². The molecule has 1 heterocycles. The van der Waals surface area contributed by atoms with Gasteiger partial charge >= 0.3 is 0 Å². The minimum Gasteiger partial charge on any atom is -0.459 e. The fourth-order valence-corrected chi connectivity index (χ4v) is 2.39. The molecule has 0 fully saturated rings. The summed E-state index contributed by atoms with van der Waals surface area (Å²) in [6, 6.07) is 8.77. The van der Waals surface area contributed by atoms with Crippen molar-refractivity contribution in [3.8, 4) is 0 Å². The van der Waals surface area contributed by atoms with Crippen LogP contribution in [0.4, 0.5) is 0 Å². The number of aryl methyl sites for hydroxylation is 1. The van der Waals surface area contributed by atoms with Crippen LogP contribution in [0.1, 0.15) is 38.1 Å². The van der Waals surface area contributed by atoms with Gasteiger partial charge in [-0.1, -0.05) is 32.4 Å². The van der Waals surface area contributed by atoms with Crippen molar-refractivity contribution in [1.29, 1.82) is 0 Å². The van der Waals surface area contributed by atoms with Gasteiger partial charge in [0.25, 0.3) is 0 Å². The summed E-state index contributed by atoms with van der Waals surface area (Å²) < 4.78 is 5.98. The Balaban J connectivity index is 2.39. The molecule has 2 rings (SSSR count). The topological polar surface area (TPSA) is 25.2 Å². The fraction of sp³-hybridized carbons (Fsp3) is 0.500. The molecule has 2 aromatic rings. The van der Waals surface area contributed by atoms with Crippen molar-refractivity contribution in [3.63, 3.8) is 0 Å². The fourth-order valence-electron chi connectivity index (χ4n) is 2.39. The maximum absolute atomic E-state index is 5.98. The first-order valence-electron chi connectivity index (χ1n) is 6.70. The zero-order valence-electron chi connectivity index (χ0n) is 11.9. The lowest BCUT2D eigenvalue weighted by atomic mass is 9.89. The van der Waals surface area contributed by atoms with Crippen LogP contribution in [0.3, 0.4) is 0 Å². The highest BCUT2D eigenvalue weighted by atomic mass is 16.3. The molecule has 0 spiro atoms. The third-order valence-electron chi connectivity index (χ3n) is 3.89. The number of furan rings is 1. The summed E-state index contributed by atoms with van der Waals surface area (Å²) in [5.74, 6) is 2.20. The Bertz CT molecular complexity index is 527. The Hall–Kier alpha value is -1.28. The molecule has 0 aliphatic heterocycles. The number of fused-ring (bicyclic) bond motifs is 1. The molecule has 0 amide bonds. The van der Waals surface area contributed by atoms with E-state index in [1.165, 1.54) is 10.9 Å². The van der Waals surface area contributed by atoms with Gasteiger partial charge in [-0.3, -0.25) is 0 Å². The molecule has 0 bridgehead atoms. The monoisotopic (exact) mass is 245 g/mol. The van der Waals surface area contributed by atoms with Crippen LogP contribution in [-0.2, 0) is 0 Å². The summed E-state index contributed by atoms with van der Waals surface area (Å²) >= 11 is 0. The molecule has 2 nitrogen and oxygen atoms in total. The molecule has 0 saturated heterocycles. The lowest BCUT2D eigenvalue weighted by Gasteiger charge is -2.24. The van der Waals surface area contributed by atoms with Crippen molar-refractivity contribution in [1.82, 2.24) is 5.32 Å². The van der Waals surface area contributed by atoms with Gasteiger partial charge in [-0.05, 0) is 44.0 Å².